The average molecular weight is 252 g/mol. The van der Waals surface area contributed by atoms with E-state index in [1.54, 1.807) is 6.92 Å². The van der Waals surface area contributed by atoms with Crippen molar-refractivity contribution in [2.24, 2.45) is 0 Å². The number of hydrogen-bond donors (Lipinski definition) is 2. The van der Waals surface area contributed by atoms with E-state index in [1.165, 1.54) is 12.1 Å². The minimum absolute atomic E-state index is 0.0638. The first-order valence-corrected chi connectivity index (χ1v) is 5.50. The zero-order valence-corrected chi connectivity index (χ0v) is 9.71. The zero-order valence-electron chi connectivity index (χ0n) is 8.90. The van der Waals surface area contributed by atoms with Gasteiger partial charge < -0.3 is 5.73 Å². The highest BCUT2D eigenvalue weighted by Crippen LogP contribution is 2.15. The lowest BCUT2D eigenvalue weighted by atomic mass is 10.2. The molecular formula is C10H9FN4OS. The summed E-state index contributed by atoms with van der Waals surface area (Å²) in [5.41, 5.74) is 5.59. The number of hydrogen-bond acceptors (Lipinski definition) is 5. The predicted octanol–water partition coefficient (Wildman–Crippen LogP) is 1.82. The number of carbonyl (C=O) groups excluding carboxylic acids is 1. The van der Waals surface area contributed by atoms with Crippen LogP contribution in [-0.4, -0.2) is 15.3 Å². The lowest BCUT2D eigenvalue weighted by Gasteiger charge is -2.02. The standard InChI is InChI=1S/C10H9FN4OS/c1-5-13-10(17-15-5)14-9(16)6-2-3-7(11)8(12)4-6/h2-4H,12H2,1H3,(H,13,14,15,16). The van der Waals surface area contributed by atoms with Crippen LogP contribution in [0.15, 0.2) is 18.2 Å². The number of nitrogens with zero attached hydrogens (tertiary/aromatic N) is 2. The van der Waals surface area contributed by atoms with E-state index in [9.17, 15) is 9.18 Å². The lowest BCUT2D eigenvalue weighted by molar-refractivity contribution is 0.102. The first-order chi connectivity index (χ1) is 8.06. The molecule has 1 aromatic heterocycles. The molecule has 0 aliphatic heterocycles. The van der Waals surface area contributed by atoms with E-state index in [4.69, 9.17) is 5.73 Å². The number of anilines is 2. The van der Waals surface area contributed by atoms with Gasteiger partial charge in [-0.25, -0.2) is 9.37 Å². The summed E-state index contributed by atoms with van der Waals surface area (Å²) >= 11 is 1.08. The highest BCUT2D eigenvalue weighted by Gasteiger charge is 2.10. The third kappa shape index (κ3) is 2.56. The Hall–Kier alpha value is -2.02. The van der Waals surface area contributed by atoms with Crippen molar-refractivity contribution in [1.29, 1.82) is 0 Å². The molecule has 1 aromatic carbocycles. The highest BCUT2D eigenvalue weighted by molar-refractivity contribution is 7.09. The fourth-order valence-electron chi connectivity index (χ4n) is 1.20. The number of halogens is 1. The van der Waals surface area contributed by atoms with Crippen LogP contribution >= 0.6 is 11.5 Å². The van der Waals surface area contributed by atoms with Crippen LogP contribution in [0.1, 0.15) is 16.2 Å². The molecule has 3 N–H and O–H groups in total. The Kier molecular flexibility index (Phi) is 3.01. The Bertz CT molecular complexity index is 569. The minimum atomic E-state index is -0.548. The van der Waals surface area contributed by atoms with Gasteiger partial charge in [-0.15, -0.1) is 0 Å². The van der Waals surface area contributed by atoms with Crippen LogP contribution in [0, 0.1) is 12.7 Å². The number of aromatic nitrogens is 2. The summed E-state index contributed by atoms with van der Waals surface area (Å²) in [5, 5.41) is 2.95. The molecule has 0 radical (unpaired) electrons. The fourth-order valence-corrected chi connectivity index (χ4v) is 1.77. The van der Waals surface area contributed by atoms with Crippen molar-refractivity contribution in [2.45, 2.75) is 6.92 Å². The van der Waals surface area contributed by atoms with Gasteiger partial charge >= 0.3 is 0 Å². The number of benzene rings is 1. The Morgan fingerprint density at radius 3 is 2.88 bits per heavy atom. The van der Waals surface area contributed by atoms with Crippen LogP contribution in [0.2, 0.25) is 0 Å². The zero-order chi connectivity index (χ0) is 12.4. The Balaban J connectivity index is 2.17. The molecule has 5 nitrogen and oxygen atoms in total. The molecule has 17 heavy (non-hydrogen) atoms. The first-order valence-electron chi connectivity index (χ1n) is 4.73. The summed E-state index contributed by atoms with van der Waals surface area (Å²) in [6, 6.07) is 3.78. The number of nitrogens with two attached hydrogens (primary N) is 1. The van der Waals surface area contributed by atoms with E-state index in [-0.39, 0.29) is 11.3 Å². The largest absolute Gasteiger partial charge is 0.396 e. The Morgan fingerprint density at radius 1 is 1.53 bits per heavy atom. The summed E-state index contributed by atoms with van der Waals surface area (Å²) < 4.78 is 16.8. The molecule has 0 aliphatic carbocycles. The third-order valence-electron chi connectivity index (χ3n) is 2.01. The molecule has 7 heteroatoms. The maximum atomic E-state index is 12.9. The molecule has 88 valence electrons. The van der Waals surface area contributed by atoms with Crippen molar-refractivity contribution < 1.29 is 9.18 Å². The summed E-state index contributed by atoms with van der Waals surface area (Å²) in [6.45, 7) is 1.72. The summed E-state index contributed by atoms with van der Waals surface area (Å²) in [6.07, 6.45) is 0. The summed E-state index contributed by atoms with van der Waals surface area (Å²) in [5.74, 6) is -0.356. The number of aryl methyl sites for hydroxylation is 1. The second kappa shape index (κ2) is 4.46. The monoisotopic (exact) mass is 252 g/mol. The van der Waals surface area contributed by atoms with Crippen molar-refractivity contribution in [3.63, 3.8) is 0 Å². The maximum absolute atomic E-state index is 12.9. The smallest absolute Gasteiger partial charge is 0.257 e. The number of carbonyl (C=O) groups is 1. The van der Waals surface area contributed by atoms with Crippen molar-refractivity contribution in [3.8, 4) is 0 Å². The molecular weight excluding hydrogens is 243 g/mol. The molecule has 2 aromatic rings. The number of nitrogen functional groups attached to an aromatic ring is 1. The quantitative estimate of drug-likeness (QED) is 0.799. The van der Waals surface area contributed by atoms with E-state index < -0.39 is 11.7 Å². The van der Waals surface area contributed by atoms with Crippen molar-refractivity contribution in [3.05, 3.63) is 35.4 Å². The Morgan fingerprint density at radius 2 is 2.29 bits per heavy atom. The van der Waals surface area contributed by atoms with Crippen molar-refractivity contribution >= 4 is 28.3 Å². The van der Waals surface area contributed by atoms with Crippen LogP contribution in [-0.2, 0) is 0 Å². The van der Waals surface area contributed by atoms with Crippen LogP contribution in [0.25, 0.3) is 0 Å². The van der Waals surface area contributed by atoms with Gasteiger partial charge in [-0.2, -0.15) is 4.37 Å². The van der Waals surface area contributed by atoms with E-state index in [0.29, 0.717) is 11.0 Å². The van der Waals surface area contributed by atoms with Gasteiger partial charge in [-0.1, -0.05) is 0 Å². The maximum Gasteiger partial charge on any atom is 0.257 e. The van der Waals surface area contributed by atoms with Gasteiger partial charge in [0.05, 0.1) is 5.69 Å². The predicted molar refractivity (Wildman–Crippen MR) is 63.4 cm³/mol. The lowest BCUT2D eigenvalue weighted by Crippen LogP contribution is -2.12. The van der Waals surface area contributed by atoms with E-state index >= 15 is 0 Å². The molecule has 2 rings (SSSR count). The van der Waals surface area contributed by atoms with Crippen LogP contribution < -0.4 is 11.1 Å². The normalized spacial score (nSPS) is 10.2. The molecule has 0 fully saturated rings. The molecule has 0 aliphatic rings. The summed E-state index contributed by atoms with van der Waals surface area (Å²) in [7, 11) is 0. The van der Waals surface area contributed by atoms with Gasteiger partial charge in [0.25, 0.3) is 5.91 Å². The van der Waals surface area contributed by atoms with Gasteiger partial charge in [0.15, 0.2) is 0 Å². The highest BCUT2D eigenvalue weighted by atomic mass is 32.1. The topological polar surface area (TPSA) is 80.9 Å². The fraction of sp³-hybridized carbons (Fsp3) is 0.100. The number of amides is 1. The van der Waals surface area contributed by atoms with E-state index in [0.717, 1.165) is 17.6 Å². The first kappa shape index (κ1) is 11.5. The van der Waals surface area contributed by atoms with Crippen molar-refractivity contribution in [1.82, 2.24) is 9.36 Å². The van der Waals surface area contributed by atoms with Crippen LogP contribution in [0.5, 0.6) is 0 Å². The number of rotatable bonds is 2. The SMILES string of the molecule is Cc1nsc(NC(=O)c2ccc(F)c(N)c2)n1. The second-order valence-electron chi connectivity index (χ2n) is 3.34. The number of nitrogens with one attached hydrogen (secondary N) is 1. The van der Waals surface area contributed by atoms with Gasteiger partial charge in [-0.05, 0) is 25.1 Å². The van der Waals surface area contributed by atoms with Crippen molar-refractivity contribution in [2.75, 3.05) is 11.1 Å². The van der Waals surface area contributed by atoms with Gasteiger partial charge in [-0.3, -0.25) is 10.1 Å². The second-order valence-corrected chi connectivity index (χ2v) is 4.09. The average Bonchev–Trinajstić information content (AvgIpc) is 2.68. The molecule has 0 saturated carbocycles. The minimum Gasteiger partial charge on any atom is -0.396 e. The third-order valence-corrected chi connectivity index (χ3v) is 2.73. The molecule has 0 spiro atoms. The van der Waals surface area contributed by atoms with Crippen LogP contribution in [0.3, 0.4) is 0 Å². The molecule has 1 heterocycles. The van der Waals surface area contributed by atoms with Crippen LogP contribution in [0.4, 0.5) is 15.2 Å². The van der Waals surface area contributed by atoms with Gasteiger partial charge in [0.2, 0.25) is 5.13 Å². The van der Waals surface area contributed by atoms with E-state index in [1.807, 2.05) is 0 Å². The molecule has 0 saturated heterocycles. The van der Waals surface area contributed by atoms with Gasteiger partial charge in [0.1, 0.15) is 11.6 Å². The summed E-state index contributed by atoms with van der Waals surface area (Å²) in [4.78, 5) is 15.7. The molecule has 0 bridgehead atoms. The molecule has 0 unspecified atom stereocenters. The van der Waals surface area contributed by atoms with E-state index in [2.05, 4.69) is 14.7 Å². The molecule has 0 atom stereocenters. The Labute approximate surface area is 101 Å². The molecule has 1 amide bonds. The van der Waals surface area contributed by atoms with Gasteiger partial charge in [0, 0.05) is 17.1 Å².